The molecule has 136 valence electrons. The molecule has 2 aliphatic rings. The van der Waals surface area contributed by atoms with E-state index in [9.17, 15) is 9.90 Å². The molecule has 2 atom stereocenters. The van der Waals surface area contributed by atoms with E-state index in [1.54, 1.807) is 12.4 Å². The van der Waals surface area contributed by atoms with Crippen molar-refractivity contribution >= 4 is 17.6 Å². The number of nitrogens with zero attached hydrogens (tertiary/aromatic N) is 4. The number of anilines is 2. The van der Waals surface area contributed by atoms with Gasteiger partial charge in [0.1, 0.15) is 5.75 Å². The largest absolute Gasteiger partial charge is 0.493 e. The van der Waals surface area contributed by atoms with Crippen molar-refractivity contribution in [2.24, 2.45) is 11.3 Å². The molecule has 1 saturated heterocycles. The van der Waals surface area contributed by atoms with Crippen molar-refractivity contribution in [1.29, 1.82) is 0 Å². The summed E-state index contributed by atoms with van der Waals surface area (Å²) in [4.78, 5) is 25.2. The highest BCUT2D eigenvalue weighted by atomic mass is 16.5. The van der Waals surface area contributed by atoms with Crippen molar-refractivity contribution in [1.82, 2.24) is 9.97 Å². The Bertz CT molecular complexity index is 841. The molecule has 0 saturated carbocycles. The summed E-state index contributed by atoms with van der Waals surface area (Å²) in [5, 5.41) is 10.2. The quantitative estimate of drug-likeness (QED) is 0.898. The van der Waals surface area contributed by atoms with E-state index in [0.29, 0.717) is 26.1 Å². The molecule has 7 nitrogen and oxygen atoms in total. The molecule has 0 aliphatic carbocycles. The number of aromatic nitrogens is 2. The van der Waals surface area contributed by atoms with E-state index in [-0.39, 0.29) is 5.92 Å². The number of rotatable bonds is 3. The maximum absolute atomic E-state index is 12.4. The van der Waals surface area contributed by atoms with Gasteiger partial charge in [0.25, 0.3) is 0 Å². The van der Waals surface area contributed by atoms with E-state index >= 15 is 0 Å². The van der Waals surface area contributed by atoms with Crippen LogP contribution in [0, 0.1) is 11.3 Å². The second-order valence-electron chi connectivity index (χ2n) is 7.23. The number of carbonyl (C=O) groups is 1. The Kier molecular flexibility index (Phi) is 3.94. The van der Waals surface area contributed by atoms with Gasteiger partial charge in [0, 0.05) is 45.5 Å². The van der Waals surface area contributed by atoms with Crippen molar-refractivity contribution < 1.29 is 14.6 Å². The SMILES string of the molecule is CN(C)c1nccnc1N1CC2COc3ccccc3CC2(C(=O)O)C1. The average molecular weight is 354 g/mol. The van der Waals surface area contributed by atoms with E-state index in [4.69, 9.17) is 4.74 Å². The van der Waals surface area contributed by atoms with Crippen LogP contribution < -0.4 is 14.5 Å². The van der Waals surface area contributed by atoms with Gasteiger partial charge >= 0.3 is 5.97 Å². The average Bonchev–Trinajstić information content (AvgIpc) is 2.93. The van der Waals surface area contributed by atoms with Gasteiger partial charge in [-0.2, -0.15) is 0 Å². The van der Waals surface area contributed by atoms with Crippen LogP contribution in [0.3, 0.4) is 0 Å². The van der Waals surface area contributed by atoms with Crippen molar-refractivity contribution in [3.8, 4) is 5.75 Å². The van der Waals surface area contributed by atoms with Crippen LogP contribution in [0.5, 0.6) is 5.75 Å². The minimum Gasteiger partial charge on any atom is -0.493 e. The maximum Gasteiger partial charge on any atom is 0.312 e. The Morgan fingerprint density at radius 3 is 2.85 bits per heavy atom. The second-order valence-corrected chi connectivity index (χ2v) is 7.23. The molecule has 7 heteroatoms. The van der Waals surface area contributed by atoms with Crippen LogP contribution in [0.4, 0.5) is 11.6 Å². The van der Waals surface area contributed by atoms with Gasteiger partial charge in [-0.15, -0.1) is 0 Å². The smallest absolute Gasteiger partial charge is 0.312 e. The Labute approximate surface area is 152 Å². The van der Waals surface area contributed by atoms with Crippen LogP contribution in [0.25, 0.3) is 0 Å². The number of para-hydroxylation sites is 1. The predicted molar refractivity (Wildman–Crippen MR) is 97.8 cm³/mol. The van der Waals surface area contributed by atoms with Gasteiger partial charge in [-0.25, -0.2) is 9.97 Å². The number of fused-ring (bicyclic) bond motifs is 2. The zero-order chi connectivity index (χ0) is 18.3. The molecule has 0 radical (unpaired) electrons. The Morgan fingerprint density at radius 2 is 2.08 bits per heavy atom. The van der Waals surface area contributed by atoms with Crippen molar-refractivity contribution in [2.75, 3.05) is 43.6 Å². The van der Waals surface area contributed by atoms with Crippen LogP contribution in [-0.4, -0.2) is 54.8 Å². The second kappa shape index (κ2) is 6.16. The third-order valence-electron chi connectivity index (χ3n) is 5.42. The van der Waals surface area contributed by atoms with Crippen LogP contribution in [-0.2, 0) is 11.2 Å². The summed E-state index contributed by atoms with van der Waals surface area (Å²) in [5.41, 5.74) is 0.0551. The molecule has 2 aliphatic heterocycles. The molecule has 0 spiro atoms. The minimum absolute atomic E-state index is 0.121. The van der Waals surface area contributed by atoms with E-state index in [2.05, 4.69) is 9.97 Å². The molecule has 1 aromatic carbocycles. The summed E-state index contributed by atoms with van der Waals surface area (Å²) >= 11 is 0. The molecule has 0 amide bonds. The summed E-state index contributed by atoms with van der Waals surface area (Å²) in [7, 11) is 3.82. The lowest BCUT2D eigenvalue weighted by molar-refractivity contribution is -0.150. The fourth-order valence-electron chi connectivity index (χ4n) is 4.05. The molecule has 26 heavy (non-hydrogen) atoms. The molecule has 3 heterocycles. The Hall–Kier alpha value is -2.83. The van der Waals surface area contributed by atoms with E-state index in [1.165, 1.54) is 0 Å². The minimum atomic E-state index is -0.895. The highest BCUT2D eigenvalue weighted by molar-refractivity contribution is 5.79. The number of hydrogen-bond donors (Lipinski definition) is 1. The maximum atomic E-state index is 12.4. The summed E-state index contributed by atoms with van der Waals surface area (Å²) in [6.07, 6.45) is 3.76. The highest BCUT2D eigenvalue weighted by Crippen LogP contribution is 2.45. The Morgan fingerprint density at radius 1 is 1.31 bits per heavy atom. The summed E-state index contributed by atoms with van der Waals surface area (Å²) in [6.45, 7) is 1.36. The lowest BCUT2D eigenvalue weighted by Crippen LogP contribution is -2.42. The van der Waals surface area contributed by atoms with Gasteiger partial charge in [-0.05, 0) is 18.1 Å². The number of ether oxygens (including phenoxy) is 1. The molecule has 2 aromatic rings. The molecular formula is C19H22N4O3. The number of carboxylic acid groups (broad SMARTS) is 1. The lowest BCUT2D eigenvalue weighted by atomic mass is 9.74. The first kappa shape index (κ1) is 16.6. The van der Waals surface area contributed by atoms with Crippen LogP contribution in [0.15, 0.2) is 36.7 Å². The molecule has 1 fully saturated rings. The number of aliphatic carboxylic acids is 1. The monoisotopic (exact) mass is 354 g/mol. The zero-order valence-corrected chi connectivity index (χ0v) is 14.9. The summed E-state index contributed by atoms with van der Waals surface area (Å²) in [6, 6.07) is 7.72. The van der Waals surface area contributed by atoms with Crippen LogP contribution in [0.2, 0.25) is 0 Å². The zero-order valence-electron chi connectivity index (χ0n) is 14.9. The van der Waals surface area contributed by atoms with E-state index in [1.807, 2.05) is 48.2 Å². The van der Waals surface area contributed by atoms with Crippen molar-refractivity contribution in [3.63, 3.8) is 0 Å². The van der Waals surface area contributed by atoms with Gasteiger partial charge in [0.15, 0.2) is 11.6 Å². The third-order valence-corrected chi connectivity index (χ3v) is 5.42. The van der Waals surface area contributed by atoms with Gasteiger partial charge in [-0.1, -0.05) is 18.2 Å². The van der Waals surface area contributed by atoms with Crippen molar-refractivity contribution in [3.05, 3.63) is 42.2 Å². The first-order valence-electron chi connectivity index (χ1n) is 8.68. The molecule has 1 aromatic heterocycles. The van der Waals surface area contributed by atoms with Crippen LogP contribution in [0.1, 0.15) is 5.56 Å². The number of benzene rings is 1. The van der Waals surface area contributed by atoms with E-state index in [0.717, 1.165) is 22.9 Å². The normalized spacial score (nSPS) is 24.2. The summed E-state index contributed by atoms with van der Waals surface area (Å²) < 4.78 is 5.96. The molecule has 4 rings (SSSR count). The molecule has 1 N–H and O–H groups in total. The Balaban J connectivity index is 1.73. The first-order valence-corrected chi connectivity index (χ1v) is 8.68. The third kappa shape index (κ3) is 2.55. The van der Waals surface area contributed by atoms with Gasteiger partial charge in [0.05, 0.1) is 12.0 Å². The number of carboxylic acids is 1. The number of hydrogen-bond acceptors (Lipinski definition) is 6. The van der Waals surface area contributed by atoms with E-state index < -0.39 is 11.4 Å². The fraction of sp³-hybridized carbons (Fsp3) is 0.421. The standard InChI is InChI=1S/C19H22N4O3/c1-22(2)16-17(21-8-7-20-16)23-10-14-11-26-15-6-4-3-5-13(15)9-19(14,12-23)18(24)25/h3-8,14H,9-12H2,1-2H3,(H,24,25). The fourth-order valence-corrected chi connectivity index (χ4v) is 4.05. The molecule has 2 unspecified atom stereocenters. The lowest BCUT2D eigenvalue weighted by Gasteiger charge is -2.28. The van der Waals surface area contributed by atoms with Gasteiger partial charge < -0.3 is 19.6 Å². The topological polar surface area (TPSA) is 78.8 Å². The molecule has 0 bridgehead atoms. The first-order chi connectivity index (χ1) is 12.5. The van der Waals surface area contributed by atoms with Gasteiger partial charge in [0.2, 0.25) is 0 Å². The van der Waals surface area contributed by atoms with Gasteiger partial charge in [-0.3, -0.25) is 4.79 Å². The summed E-state index contributed by atoms with van der Waals surface area (Å²) in [5.74, 6) is 1.36. The van der Waals surface area contributed by atoms with Crippen LogP contribution >= 0.6 is 0 Å². The van der Waals surface area contributed by atoms with Crippen molar-refractivity contribution in [2.45, 2.75) is 6.42 Å². The molecular weight excluding hydrogens is 332 g/mol. The predicted octanol–water partition coefficient (Wildman–Crippen LogP) is 1.68. The highest BCUT2D eigenvalue weighted by Gasteiger charge is 2.54.